The molecule has 0 aromatic heterocycles. The van der Waals surface area contributed by atoms with Gasteiger partial charge in [0.1, 0.15) is 5.92 Å². The fourth-order valence-electron chi connectivity index (χ4n) is 2.31. The summed E-state index contributed by atoms with van der Waals surface area (Å²) >= 11 is 4.89. The van der Waals surface area contributed by atoms with Crippen molar-refractivity contribution < 1.29 is 14.4 Å². The van der Waals surface area contributed by atoms with Crippen LogP contribution in [0.25, 0.3) is 0 Å². The molecule has 1 aliphatic heterocycles. The lowest BCUT2D eigenvalue weighted by Gasteiger charge is -2.34. The molecule has 0 spiro atoms. The van der Waals surface area contributed by atoms with Crippen LogP contribution in [0.1, 0.15) is 18.4 Å². The zero-order chi connectivity index (χ0) is 15.6. The van der Waals surface area contributed by atoms with Gasteiger partial charge >= 0.3 is 6.03 Å². The van der Waals surface area contributed by atoms with E-state index >= 15 is 0 Å². The molecular formula is C14H15BrN2O3S. The van der Waals surface area contributed by atoms with Gasteiger partial charge in [0.25, 0.3) is 0 Å². The summed E-state index contributed by atoms with van der Waals surface area (Å²) in [4.78, 5) is 37.8. The minimum atomic E-state index is -0.998. The first-order valence-corrected chi connectivity index (χ1v) is 8.57. The third-order valence-electron chi connectivity index (χ3n) is 3.26. The predicted octanol–water partition coefficient (Wildman–Crippen LogP) is 2.36. The van der Waals surface area contributed by atoms with Crippen LogP contribution in [0.2, 0.25) is 0 Å². The molecule has 2 unspecified atom stereocenters. The number of amides is 4. The molecule has 4 amide bonds. The Hall–Kier alpha value is -1.34. The summed E-state index contributed by atoms with van der Waals surface area (Å²) in [6.45, 7) is 1.79. The topological polar surface area (TPSA) is 66.5 Å². The highest BCUT2D eigenvalue weighted by Gasteiger charge is 2.43. The van der Waals surface area contributed by atoms with E-state index < -0.39 is 23.8 Å². The molecule has 1 heterocycles. The van der Waals surface area contributed by atoms with E-state index in [1.54, 1.807) is 43.0 Å². The zero-order valence-electron chi connectivity index (χ0n) is 11.6. The minimum Gasteiger partial charge on any atom is -0.277 e. The van der Waals surface area contributed by atoms with Crippen molar-refractivity contribution in [2.45, 2.75) is 18.9 Å². The van der Waals surface area contributed by atoms with Crippen molar-refractivity contribution in [2.75, 3.05) is 12.0 Å². The first kappa shape index (κ1) is 16.0. The Balaban J connectivity index is 2.38. The second-order valence-corrected chi connectivity index (χ2v) is 6.53. The van der Waals surface area contributed by atoms with Crippen LogP contribution < -0.4 is 5.32 Å². The Morgan fingerprint density at radius 3 is 2.62 bits per heavy atom. The lowest BCUT2D eigenvalue weighted by molar-refractivity contribution is -0.139. The molecule has 112 valence electrons. The summed E-state index contributed by atoms with van der Waals surface area (Å²) in [7, 11) is 0. The number of hydrogen-bond acceptors (Lipinski definition) is 4. The number of nitrogens with one attached hydrogen (secondary N) is 1. The fourth-order valence-corrected chi connectivity index (χ4v) is 3.45. The average molecular weight is 371 g/mol. The normalized spacial score (nSPS) is 20.4. The van der Waals surface area contributed by atoms with Gasteiger partial charge in [0.05, 0.1) is 0 Å². The van der Waals surface area contributed by atoms with E-state index in [0.717, 1.165) is 4.90 Å². The molecule has 1 saturated heterocycles. The van der Waals surface area contributed by atoms with Crippen molar-refractivity contribution in [1.82, 2.24) is 10.2 Å². The van der Waals surface area contributed by atoms with E-state index in [4.69, 9.17) is 0 Å². The van der Waals surface area contributed by atoms with Gasteiger partial charge in [-0.2, -0.15) is 11.8 Å². The third-order valence-corrected chi connectivity index (χ3v) is 4.80. The summed E-state index contributed by atoms with van der Waals surface area (Å²) in [6.07, 6.45) is 1.90. The van der Waals surface area contributed by atoms with Crippen molar-refractivity contribution >= 4 is 45.5 Å². The SMILES string of the molecule is CSCC(C)N1C(=O)NC(=O)C(c2ccccc2Br)C1=O. The first-order valence-electron chi connectivity index (χ1n) is 6.38. The quantitative estimate of drug-likeness (QED) is 0.826. The van der Waals surface area contributed by atoms with Crippen molar-refractivity contribution in [3.05, 3.63) is 34.3 Å². The van der Waals surface area contributed by atoms with E-state index in [9.17, 15) is 14.4 Å². The molecule has 2 rings (SSSR count). The van der Waals surface area contributed by atoms with Gasteiger partial charge in [0, 0.05) is 16.3 Å². The summed E-state index contributed by atoms with van der Waals surface area (Å²) in [6, 6.07) is 6.12. The standard InChI is InChI=1S/C14H15BrN2O3S/c1-8(7-21-2)17-13(19)11(12(18)16-14(17)20)9-5-3-4-6-10(9)15/h3-6,8,11H,7H2,1-2H3,(H,16,18,20). The summed E-state index contributed by atoms with van der Waals surface area (Å²) < 4.78 is 0.672. The number of imide groups is 2. The Morgan fingerprint density at radius 1 is 1.33 bits per heavy atom. The van der Waals surface area contributed by atoms with Gasteiger partial charge in [-0.1, -0.05) is 34.1 Å². The third kappa shape index (κ3) is 3.13. The van der Waals surface area contributed by atoms with Crippen molar-refractivity contribution in [3.8, 4) is 0 Å². The van der Waals surface area contributed by atoms with Crippen LogP contribution >= 0.6 is 27.7 Å². The van der Waals surface area contributed by atoms with Gasteiger partial charge in [0.2, 0.25) is 11.8 Å². The lowest BCUT2D eigenvalue weighted by Crippen LogP contribution is -2.60. The molecule has 2 atom stereocenters. The van der Waals surface area contributed by atoms with Crippen LogP contribution in [0.5, 0.6) is 0 Å². The Bertz CT molecular complexity index is 593. The second kappa shape index (κ2) is 6.62. The Labute approximate surface area is 135 Å². The Morgan fingerprint density at radius 2 is 2.00 bits per heavy atom. The number of rotatable bonds is 4. The number of carbonyl (C=O) groups excluding carboxylic acids is 3. The Kier molecular flexibility index (Phi) is 5.05. The van der Waals surface area contributed by atoms with Crippen molar-refractivity contribution in [3.63, 3.8) is 0 Å². The maximum atomic E-state index is 12.6. The maximum Gasteiger partial charge on any atom is 0.331 e. The second-order valence-electron chi connectivity index (χ2n) is 4.76. The van der Waals surface area contributed by atoms with Crippen LogP contribution in [-0.4, -0.2) is 40.8 Å². The van der Waals surface area contributed by atoms with Crippen LogP contribution in [0.15, 0.2) is 28.7 Å². The highest BCUT2D eigenvalue weighted by atomic mass is 79.9. The van der Waals surface area contributed by atoms with E-state index in [-0.39, 0.29) is 6.04 Å². The van der Waals surface area contributed by atoms with Gasteiger partial charge in [-0.15, -0.1) is 0 Å². The van der Waals surface area contributed by atoms with Crippen LogP contribution in [0.4, 0.5) is 4.79 Å². The molecule has 5 nitrogen and oxygen atoms in total. The molecule has 1 aliphatic rings. The average Bonchev–Trinajstić information content (AvgIpc) is 2.40. The number of carbonyl (C=O) groups is 3. The molecular weight excluding hydrogens is 356 g/mol. The number of hydrogen-bond donors (Lipinski definition) is 1. The molecule has 7 heteroatoms. The van der Waals surface area contributed by atoms with Crippen LogP contribution in [0.3, 0.4) is 0 Å². The van der Waals surface area contributed by atoms with Crippen molar-refractivity contribution in [1.29, 1.82) is 0 Å². The summed E-state index contributed by atoms with van der Waals surface area (Å²) in [5, 5.41) is 2.27. The lowest BCUT2D eigenvalue weighted by atomic mass is 9.94. The molecule has 0 saturated carbocycles. The number of thioether (sulfide) groups is 1. The molecule has 1 aromatic rings. The van der Waals surface area contributed by atoms with Gasteiger partial charge in [-0.05, 0) is 24.8 Å². The van der Waals surface area contributed by atoms with E-state index in [2.05, 4.69) is 21.2 Å². The zero-order valence-corrected chi connectivity index (χ0v) is 14.0. The fraction of sp³-hybridized carbons (Fsp3) is 0.357. The number of barbiturate groups is 1. The molecule has 0 radical (unpaired) electrons. The molecule has 0 aliphatic carbocycles. The van der Waals surface area contributed by atoms with E-state index in [1.807, 2.05) is 6.26 Å². The molecule has 1 aromatic carbocycles. The highest BCUT2D eigenvalue weighted by Crippen LogP contribution is 2.29. The minimum absolute atomic E-state index is 0.273. The molecule has 21 heavy (non-hydrogen) atoms. The van der Waals surface area contributed by atoms with Crippen molar-refractivity contribution in [2.24, 2.45) is 0 Å². The number of urea groups is 1. The first-order chi connectivity index (χ1) is 9.97. The summed E-state index contributed by atoms with van der Waals surface area (Å²) in [5.74, 6) is -1.43. The number of benzene rings is 1. The van der Waals surface area contributed by atoms with Gasteiger partial charge in [0.15, 0.2) is 0 Å². The van der Waals surface area contributed by atoms with Gasteiger partial charge < -0.3 is 0 Å². The monoisotopic (exact) mass is 370 g/mol. The number of halogens is 1. The smallest absolute Gasteiger partial charge is 0.277 e. The van der Waals surface area contributed by atoms with Gasteiger partial charge in [-0.3, -0.25) is 19.8 Å². The summed E-state index contributed by atoms with van der Waals surface area (Å²) in [5.41, 5.74) is 0.564. The largest absolute Gasteiger partial charge is 0.331 e. The number of nitrogens with zero attached hydrogens (tertiary/aromatic N) is 1. The van der Waals surface area contributed by atoms with E-state index in [1.165, 1.54) is 0 Å². The molecule has 0 bridgehead atoms. The van der Waals surface area contributed by atoms with E-state index in [0.29, 0.717) is 15.8 Å². The van der Waals surface area contributed by atoms with Gasteiger partial charge in [-0.25, -0.2) is 4.79 Å². The van der Waals surface area contributed by atoms with Crippen LogP contribution in [0, 0.1) is 0 Å². The van der Waals surface area contributed by atoms with Crippen LogP contribution in [-0.2, 0) is 9.59 Å². The highest BCUT2D eigenvalue weighted by molar-refractivity contribution is 9.10. The maximum absolute atomic E-state index is 12.6. The predicted molar refractivity (Wildman–Crippen MR) is 85.1 cm³/mol. The molecule has 1 N–H and O–H groups in total. The molecule has 1 fully saturated rings.